The predicted octanol–water partition coefficient (Wildman–Crippen LogP) is 5.68. The molecule has 1 N–H and O–H groups in total. The summed E-state index contributed by atoms with van der Waals surface area (Å²) in [7, 11) is 0. The Balaban J connectivity index is 1.87. The van der Waals surface area contributed by atoms with E-state index in [4.69, 9.17) is 11.6 Å². The van der Waals surface area contributed by atoms with E-state index in [2.05, 4.69) is 5.32 Å². The molecule has 3 aromatic rings. The molecule has 0 radical (unpaired) electrons. The molecule has 120 valence electrons. The first-order chi connectivity index (χ1) is 11.6. The Labute approximate surface area is 147 Å². The van der Waals surface area contributed by atoms with Crippen molar-refractivity contribution in [3.05, 3.63) is 75.2 Å². The van der Waals surface area contributed by atoms with Crippen molar-refractivity contribution >= 4 is 34.5 Å². The Morgan fingerprint density at radius 3 is 2.62 bits per heavy atom. The molecule has 2 nitrogen and oxygen atoms in total. The van der Waals surface area contributed by atoms with Gasteiger partial charge in [-0.1, -0.05) is 48.0 Å². The number of anilines is 1. The Bertz CT molecular complexity index is 937. The average molecular weight is 358 g/mol. The van der Waals surface area contributed by atoms with Crippen LogP contribution in [0.4, 0.5) is 10.1 Å². The Morgan fingerprint density at radius 2 is 1.83 bits per heavy atom. The van der Waals surface area contributed by atoms with Gasteiger partial charge in [0, 0.05) is 38.7 Å². The zero-order chi connectivity index (χ0) is 16.7. The minimum Gasteiger partial charge on any atom is -0.325 e. The number of fused-ring (bicyclic) bond motifs is 1. The topological polar surface area (TPSA) is 29.1 Å². The van der Waals surface area contributed by atoms with E-state index in [1.54, 1.807) is 18.2 Å². The van der Waals surface area contributed by atoms with Crippen molar-refractivity contribution in [2.75, 3.05) is 5.32 Å². The van der Waals surface area contributed by atoms with E-state index in [0.29, 0.717) is 22.7 Å². The van der Waals surface area contributed by atoms with Gasteiger partial charge in [-0.25, -0.2) is 4.39 Å². The SMILES string of the molecule is O=C1C[C@H](c2ccccc2Cl)c2scc(-c3ccccc3F)c2N1. The minimum atomic E-state index is -0.299. The van der Waals surface area contributed by atoms with Crippen LogP contribution in [0.25, 0.3) is 11.1 Å². The fourth-order valence-corrected chi connectivity index (χ4v) is 4.52. The third-order valence-electron chi connectivity index (χ3n) is 4.23. The molecule has 0 spiro atoms. The van der Waals surface area contributed by atoms with E-state index in [1.807, 2.05) is 29.6 Å². The molecule has 1 atom stereocenters. The molecular weight excluding hydrogens is 345 g/mol. The van der Waals surface area contributed by atoms with Gasteiger partial charge in [0.15, 0.2) is 0 Å². The smallest absolute Gasteiger partial charge is 0.225 e. The molecule has 1 aliphatic heterocycles. The van der Waals surface area contributed by atoms with Crippen molar-refractivity contribution in [1.29, 1.82) is 0 Å². The summed E-state index contributed by atoms with van der Waals surface area (Å²) < 4.78 is 14.2. The number of benzene rings is 2. The number of thiophene rings is 1. The lowest BCUT2D eigenvalue weighted by atomic mass is 9.89. The maximum atomic E-state index is 14.2. The van der Waals surface area contributed by atoms with Crippen LogP contribution < -0.4 is 5.32 Å². The first kappa shape index (κ1) is 15.4. The van der Waals surface area contributed by atoms with E-state index < -0.39 is 0 Å². The van der Waals surface area contributed by atoms with Crippen molar-refractivity contribution in [2.45, 2.75) is 12.3 Å². The number of rotatable bonds is 2. The van der Waals surface area contributed by atoms with Crippen LogP contribution in [-0.2, 0) is 4.79 Å². The molecule has 1 amide bonds. The van der Waals surface area contributed by atoms with Crippen molar-refractivity contribution in [3.63, 3.8) is 0 Å². The van der Waals surface area contributed by atoms with Crippen molar-refractivity contribution < 1.29 is 9.18 Å². The number of carbonyl (C=O) groups is 1. The van der Waals surface area contributed by atoms with Crippen LogP contribution in [0, 0.1) is 5.82 Å². The Kier molecular flexibility index (Phi) is 3.87. The second-order valence-electron chi connectivity index (χ2n) is 5.69. The van der Waals surface area contributed by atoms with Crippen molar-refractivity contribution in [2.24, 2.45) is 0 Å². The van der Waals surface area contributed by atoms with Gasteiger partial charge in [0.05, 0.1) is 5.69 Å². The highest BCUT2D eigenvalue weighted by molar-refractivity contribution is 7.11. The first-order valence-corrected chi connectivity index (χ1v) is 8.81. The molecule has 0 bridgehead atoms. The van der Waals surface area contributed by atoms with Crippen LogP contribution in [0.15, 0.2) is 53.9 Å². The van der Waals surface area contributed by atoms with Crippen LogP contribution in [0.5, 0.6) is 0 Å². The third-order valence-corrected chi connectivity index (χ3v) is 5.67. The summed E-state index contributed by atoms with van der Waals surface area (Å²) in [5.74, 6) is -0.483. The van der Waals surface area contributed by atoms with Gasteiger partial charge in [-0.3, -0.25) is 4.79 Å². The summed E-state index contributed by atoms with van der Waals surface area (Å²) in [5.41, 5.74) is 2.84. The van der Waals surface area contributed by atoms with E-state index in [1.165, 1.54) is 17.4 Å². The number of amides is 1. The lowest BCUT2D eigenvalue weighted by Crippen LogP contribution is -2.22. The average Bonchev–Trinajstić information content (AvgIpc) is 2.99. The van der Waals surface area contributed by atoms with Gasteiger partial charge in [-0.05, 0) is 17.7 Å². The maximum absolute atomic E-state index is 14.2. The van der Waals surface area contributed by atoms with E-state index in [9.17, 15) is 9.18 Å². The Hall–Kier alpha value is -2.17. The van der Waals surface area contributed by atoms with Gasteiger partial charge in [0.2, 0.25) is 5.91 Å². The van der Waals surface area contributed by atoms with Gasteiger partial charge < -0.3 is 5.32 Å². The number of hydrogen-bond acceptors (Lipinski definition) is 2. The molecule has 24 heavy (non-hydrogen) atoms. The Morgan fingerprint density at radius 1 is 1.08 bits per heavy atom. The van der Waals surface area contributed by atoms with Gasteiger partial charge in [0.1, 0.15) is 5.82 Å². The lowest BCUT2D eigenvalue weighted by Gasteiger charge is -2.24. The van der Waals surface area contributed by atoms with Crippen LogP contribution in [0.1, 0.15) is 22.8 Å². The highest BCUT2D eigenvalue weighted by Crippen LogP contribution is 2.48. The van der Waals surface area contributed by atoms with Crippen LogP contribution in [-0.4, -0.2) is 5.91 Å². The molecule has 5 heteroatoms. The molecule has 0 saturated carbocycles. The molecule has 4 rings (SSSR count). The fraction of sp³-hybridized carbons (Fsp3) is 0.105. The first-order valence-electron chi connectivity index (χ1n) is 7.55. The molecule has 2 aromatic carbocycles. The lowest BCUT2D eigenvalue weighted by molar-refractivity contribution is -0.116. The second kappa shape index (κ2) is 6.04. The largest absolute Gasteiger partial charge is 0.325 e. The normalized spacial score (nSPS) is 16.6. The maximum Gasteiger partial charge on any atom is 0.225 e. The molecular formula is C19H13ClFNOS. The number of hydrogen-bond donors (Lipinski definition) is 1. The molecule has 0 aliphatic carbocycles. The zero-order valence-electron chi connectivity index (χ0n) is 12.6. The fourth-order valence-electron chi connectivity index (χ4n) is 3.11. The summed E-state index contributed by atoms with van der Waals surface area (Å²) in [5, 5.41) is 5.46. The van der Waals surface area contributed by atoms with Crippen molar-refractivity contribution in [1.82, 2.24) is 0 Å². The summed E-state index contributed by atoms with van der Waals surface area (Å²) in [6, 6.07) is 14.2. The van der Waals surface area contributed by atoms with Gasteiger partial charge >= 0.3 is 0 Å². The summed E-state index contributed by atoms with van der Waals surface area (Å²) in [6.07, 6.45) is 0.341. The summed E-state index contributed by atoms with van der Waals surface area (Å²) >= 11 is 7.86. The number of nitrogens with one attached hydrogen (secondary N) is 1. The summed E-state index contributed by atoms with van der Waals surface area (Å²) in [6.45, 7) is 0. The molecule has 0 saturated heterocycles. The highest BCUT2D eigenvalue weighted by Gasteiger charge is 2.31. The molecule has 0 fully saturated rings. The molecule has 2 heterocycles. The number of carbonyl (C=O) groups excluding carboxylic acids is 1. The molecule has 0 unspecified atom stereocenters. The van der Waals surface area contributed by atoms with Crippen LogP contribution in [0.2, 0.25) is 5.02 Å². The monoisotopic (exact) mass is 357 g/mol. The minimum absolute atomic E-state index is 0.0802. The van der Waals surface area contributed by atoms with Gasteiger partial charge in [-0.15, -0.1) is 11.3 Å². The van der Waals surface area contributed by atoms with Crippen molar-refractivity contribution in [3.8, 4) is 11.1 Å². The van der Waals surface area contributed by atoms with Crippen LogP contribution in [0.3, 0.4) is 0 Å². The highest BCUT2D eigenvalue weighted by atomic mass is 35.5. The zero-order valence-corrected chi connectivity index (χ0v) is 14.1. The molecule has 1 aliphatic rings. The van der Waals surface area contributed by atoms with Gasteiger partial charge in [0.25, 0.3) is 0 Å². The van der Waals surface area contributed by atoms with Gasteiger partial charge in [-0.2, -0.15) is 0 Å². The number of halogens is 2. The second-order valence-corrected chi connectivity index (χ2v) is 7.01. The van der Waals surface area contributed by atoms with Crippen LogP contribution >= 0.6 is 22.9 Å². The predicted molar refractivity (Wildman–Crippen MR) is 96.3 cm³/mol. The molecule has 1 aromatic heterocycles. The van der Waals surface area contributed by atoms with E-state index >= 15 is 0 Å². The van der Waals surface area contributed by atoms with E-state index in [-0.39, 0.29) is 17.6 Å². The third kappa shape index (κ3) is 2.52. The van der Waals surface area contributed by atoms with E-state index in [0.717, 1.165) is 16.0 Å². The standard InChI is InChI=1S/C19H13ClFNOS/c20-15-7-3-1-5-11(15)13-9-17(23)22-18-14(10-24-19(13)18)12-6-2-4-8-16(12)21/h1-8,10,13H,9H2,(H,22,23)/t13-/m1/s1. The quantitative estimate of drug-likeness (QED) is 0.628. The summed E-state index contributed by atoms with van der Waals surface area (Å²) in [4.78, 5) is 13.3.